The van der Waals surface area contributed by atoms with Gasteiger partial charge in [-0.25, -0.2) is 4.79 Å². The minimum absolute atomic E-state index is 0.220. The van der Waals surface area contributed by atoms with Gasteiger partial charge in [0.25, 0.3) is 0 Å². The minimum Gasteiger partial charge on any atom is -0.504 e. The Balaban J connectivity index is 2.90. The van der Waals surface area contributed by atoms with E-state index in [1.807, 2.05) is 43.3 Å². The summed E-state index contributed by atoms with van der Waals surface area (Å²) in [6.45, 7) is 1.88. The van der Waals surface area contributed by atoms with Crippen LogP contribution in [0.2, 0.25) is 0 Å². The summed E-state index contributed by atoms with van der Waals surface area (Å²) in [6.07, 6.45) is 4.94. The first-order chi connectivity index (χ1) is 11.1. The van der Waals surface area contributed by atoms with E-state index in [9.17, 15) is 4.79 Å². The monoisotopic (exact) mass is 320 g/mol. The summed E-state index contributed by atoms with van der Waals surface area (Å²) in [5.74, 6) is 0.149. The third-order valence-electron chi connectivity index (χ3n) is 3.52. The van der Waals surface area contributed by atoms with Crippen molar-refractivity contribution >= 4 is 12.0 Å². The van der Waals surface area contributed by atoms with Crippen LogP contribution in [0.25, 0.3) is 6.08 Å². The normalized spacial score (nSPS) is 14.4. The maximum absolute atomic E-state index is 11.8. The molecule has 0 aliphatic carbocycles. The first-order valence-corrected chi connectivity index (χ1v) is 7.23. The average molecular weight is 320 g/mol. The second-order valence-corrected chi connectivity index (χ2v) is 4.92. The lowest BCUT2D eigenvalue weighted by Gasteiger charge is -2.20. The molecule has 0 aliphatic rings. The van der Waals surface area contributed by atoms with Crippen molar-refractivity contribution in [2.24, 2.45) is 5.92 Å². The molecule has 0 fully saturated rings. The van der Waals surface area contributed by atoms with Crippen LogP contribution in [-0.4, -0.2) is 40.5 Å². The zero-order chi connectivity index (χ0) is 17.2. The van der Waals surface area contributed by atoms with Gasteiger partial charge < -0.3 is 18.9 Å². The van der Waals surface area contributed by atoms with Crippen LogP contribution >= 0.6 is 0 Å². The number of methoxy groups -OCH3 is 4. The fraction of sp³-hybridized carbons (Fsp3) is 0.389. The van der Waals surface area contributed by atoms with Gasteiger partial charge in [-0.05, 0) is 17.7 Å². The van der Waals surface area contributed by atoms with Crippen molar-refractivity contribution in [3.05, 3.63) is 47.7 Å². The standard InChI is InChI=1S/C18H24O5/c1-13(16(12-20-2)18(19)23-5)17(22-4)11-8-14-6-9-15(21-3)10-7-14/h6-13,17H,1-5H3/b11-8+,16-12+/t13-,17-/m0/s1. The predicted molar refractivity (Wildman–Crippen MR) is 89.1 cm³/mol. The van der Waals surface area contributed by atoms with Gasteiger partial charge in [0.2, 0.25) is 0 Å². The molecule has 23 heavy (non-hydrogen) atoms. The van der Waals surface area contributed by atoms with Crippen molar-refractivity contribution in [2.45, 2.75) is 13.0 Å². The van der Waals surface area contributed by atoms with Gasteiger partial charge in [0, 0.05) is 13.0 Å². The van der Waals surface area contributed by atoms with Gasteiger partial charge in [-0.15, -0.1) is 0 Å². The lowest BCUT2D eigenvalue weighted by molar-refractivity contribution is -0.137. The highest BCUT2D eigenvalue weighted by Crippen LogP contribution is 2.21. The van der Waals surface area contributed by atoms with Crippen molar-refractivity contribution in [1.82, 2.24) is 0 Å². The van der Waals surface area contributed by atoms with E-state index < -0.39 is 5.97 Å². The predicted octanol–water partition coefficient (Wildman–Crippen LogP) is 3.06. The summed E-state index contributed by atoms with van der Waals surface area (Å²) < 4.78 is 20.4. The number of hydrogen-bond donors (Lipinski definition) is 0. The van der Waals surface area contributed by atoms with Gasteiger partial charge in [-0.3, -0.25) is 0 Å². The topological polar surface area (TPSA) is 54.0 Å². The number of esters is 1. The molecule has 0 radical (unpaired) electrons. The maximum Gasteiger partial charge on any atom is 0.337 e. The first-order valence-electron chi connectivity index (χ1n) is 7.23. The maximum atomic E-state index is 11.8. The highest BCUT2D eigenvalue weighted by atomic mass is 16.5. The Kier molecular flexibility index (Phi) is 7.91. The number of rotatable bonds is 8. The fourth-order valence-electron chi connectivity index (χ4n) is 2.13. The molecule has 0 unspecified atom stereocenters. The second-order valence-electron chi connectivity index (χ2n) is 4.92. The van der Waals surface area contributed by atoms with Crippen molar-refractivity contribution in [3.8, 4) is 5.75 Å². The molecular weight excluding hydrogens is 296 g/mol. The van der Waals surface area contributed by atoms with Crippen molar-refractivity contribution < 1.29 is 23.7 Å². The van der Waals surface area contributed by atoms with Crippen LogP contribution in [-0.2, 0) is 19.0 Å². The zero-order valence-electron chi connectivity index (χ0n) is 14.2. The molecule has 0 spiro atoms. The summed E-state index contributed by atoms with van der Waals surface area (Å²) in [7, 11) is 6.06. The number of hydrogen-bond acceptors (Lipinski definition) is 5. The molecule has 0 N–H and O–H groups in total. The molecule has 5 nitrogen and oxygen atoms in total. The quantitative estimate of drug-likeness (QED) is 0.418. The van der Waals surface area contributed by atoms with Gasteiger partial charge in [0.1, 0.15) is 5.75 Å². The first kappa shape index (κ1) is 18.8. The molecule has 1 rings (SSSR count). The molecule has 0 bridgehead atoms. The highest BCUT2D eigenvalue weighted by molar-refractivity contribution is 5.88. The van der Waals surface area contributed by atoms with E-state index in [0.717, 1.165) is 11.3 Å². The Labute approximate surface area is 137 Å². The molecule has 0 heterocycles. The Bertz CT molecular complexity index is 545. The smallest absolute Gasteiger partial charge is 0.337 e. The van der Waals surface area contributed by atoms with Crippen molar-refractivity contribution in [3.63, 3.8) is 0 Å². The molecule has 1 aromatic carbocycles. The van der Waals surface area contributed by atoms with Gasteiger partial charge in [-0.1, -0.05) is 31.2 Å². The number of ether oxygens (including phenoxy) is 4. The largest absolute Gasteiger partial charge is 0.504 e. The van der Waals surface area contributed by atoms with Crippen LogP contribution in [0.1, 0.15) is 12.5 Å². The average Bonchev–Trinajstić information content (AvgIpc) is 2.59. The van der Waals surface area contributed by atoms with Crippen LogP contribution in [0.4, 0.5) is 0 Å². The summed E-state index contributed by atoms with van der Waals surface area (Å²) in [5, 5.41) is 0. The van der Waals surface area contributed by atoms with Crippen LogP contribution in [0, 0.1) is 5.92 Å². The number of carbonyl (C=O) groups is 1. The summed E-state index contributed by atoms with van der Waals surface area (Å²) in [6, 6.07) is 7.66. The Morgan fingerprint density at radius 3 is 2.22 bits per heavy atom. The summed E-state index contributed by atoms with van der Waals surface area (Å²) in [5.41, 5.74) is 1.43. The van der Waals surface area contributed by atoms with E-state index in [2.05, 4.69) is 0 Å². The number of carbonyl (C=O) groups excluding carboxylic acids is 1. The van der Waals surface area contributed by atoms with E-state index in [-0.39, 0.29) is 12.0 Å². The molecule has 0 saturated carbocycles. The Hall–Kier alpha value is -2.27. The fourth-order valence-corrected chi connectivity index (χ4v) is 2.13. The molecule has 0 amide bonds. The van der Waals surface area contributed by atoms with Gasteiger partial charge in [0.15, 0.2) is 0 Å². The van der Waals surface area contributed by atoms with E-state index in [1.54, 1.807) is 14.2 Å². The number of benzene rings is 1. The van der Waals surface area contributed by atoms with E-state index in [0.29, 0.717) is 5.57 Å². The van der Waals surface area contributed by atoms with Crippen LogP contribution in [0.3, 0.4) is 0 Å². The van der Waals surface area contributed by atoms with Crippen molar-refractivity contribution in [2.75, 3.05) is 28.4 Å². The third kappa shape index (κ3) is 5.45. The summed E-state index contributed by atoms with van der Waals surface area (Å²) in [4.78, 5) is 11.8. The van der Waals surface area contributed by atoms with Gasteiger partial charge >= 0.3 is 5.97 Å². The molecule has 0 aromatic heterocycles. The third-order valence-corrected chi connectivity index (χ3v) is 3.52. The molecule has 1 aromatic rings. The SMILES string of the molecule is CO/C=C(/C(=O)OC)[C@H](C)[C@H](/C=C/c1ccc(OC)cc1)OC. The van der Waals surface area contributed by atoms with Crippen molar-refractivity contribution in [1.29, 1.82) is 0 Å². The van der Waals surface area contributed by atoms with Gasteiger partial charge in [0.05, 0.1) is 39.3 Å². The highest BCUT2D eigenvalue weighted by Gasteiger charge is 2.24. The van der Waals surface area contributed by atoms with Crippen LogP contribution in [0.5, 0.6) is 5.75 Å². The molecule has 126 valence electrons. The Morgan fingerprint density at radius 2 is 1.74 bits per heavy atom. The lowest BCUT2D eigenvalue weighted by Crippen LogP contribution is -2.24. The second kappa shape index (κ2) is 9.69. The van der Waals surface area contributed by atoms with Crippen LogP contribution < -0.4 is 4.74 Å². The zero-order valence-corrected chi connectivity index (χ0v) is 14.2. The molecule has 2 atom stereocenters. The van der Waals surface area contributed by atoms with Gasteiger partial charge in [-0.2, -0.15) is 0 Å². The van der Waals surface area contributed by atoms with E-state index in [4.69, 9.17) is 18.9 Å². The van der Waals surface area contributed by atoms with E-state index >= 15 is 0 Å². The molecular formula is C18H24O5. The summed E-state index contributed by atoms with van der Waals surface area (Å²) >= 11 is 0. The van der Waals surface area contributed by atoms with Crippen LogP contribution in [0.15, 0.2) is 42.2 Å². The molecule has 5 heteroatoms. The lowest BCUT2D eigenvalue weighted by atomic mass is 9.95. The Morgan fingerprint density at radius 1 is 1.09 bits per heavy atom. The minimum atomic E-state index is -0.431. The molecule has 0 aliphatic heterocycles. The van der Waals surface area contributed by atoms with E-state index in [1.165, 1.54) is 20.5 Å². The molecule has 0 saturated heterocycles.